The lowest BCUT2D eigenvalue weighted by Gasteiger charge is -2.30. The highest BCUT2D eigenvalue weighted by molar-refractivity contribution is 7.92. The maximum atomic E-state index is 13.3. The quantitative estimate of drug-likeness (QED) is 0.621. The van der Waals surface area contributed by atoms with Crippen molar-refractivity contribution in [1.82, 2.24) is 4.90 Å². The first-order valence-electron chi connectivity index (χ1n) is 9.93. The van der Waals surface area contributed by atoms with E-state index in [9.17, 15) is 13.5 Å². The Kier molecular flexibility index (Phi) is 8.48. The van der Waals surface area contributed by atoms with E-state index in [1.165, 1.54) is 4.31 Å². The predicted octanol–water partition coefficient (Wildman–Crippen LogP) is 3.67. The van der Waals surface area contributed by atoms with Crippen molar-refractivity contribution in [2.24, 2.45) is 0 Å². The summed E-state index contributed by atoms with van der Waals surface area (Å²) in [7, 11) is -3.77. The van der Waals surface area contributed by atoms with Crippen LogP contribution >= 0.6 is 0 Å². The number of rotatable bonds is 11. The van der Waals surface area contributed by atoms with E-state index < -0.39 is 16.1 Å². The third kappa shape index (κ3) is 6.06. The number of benzene rings is 2. The van der Waals surface area contributed by atoms with Gasteiger partial charge in [-0.15, -0.1) is 0 Å². The molecule has 2 aromatic carbocycles. The molecule has 0 bridgehead atoms. The molecule has 0 aliphatic heterocycles. The zero-order chi connectivity index (χ0) is 20.6. The third-order valence-electron chi connectivity index (χ3n) is 4.55. The minimum atomic E-state index is -3.77. The van der Waals surface area contributed by atoms with Crippen molar-refractivity contribution in [3.05, 3.63) is 60.2 Å². The lowest BCUT2D eigenvalue weighted by atomic mass is 10.2. The van der Waals surface area contributed by atoms with Gasteiger partial charge in [0, 0.05) is 6.54 Å². The molecule has 0 radical (unpaired) electrons. The van der Waals surface area contributed by atoms with Gasteiger partial charge in [-0.2, -0.15) is 0 Å². The largest absolute Gasteiger partial charge is 0.390 e. The molecule has 0 saturated carbocycles. The topological polar surface area (TPSA) is 60.9 Å². The normalized spacial score (nSPS) is 12.9. The van der Waals surface area contributed by atoms with Crippen molar-refractivity contribution >= 4 is 15.7 Å². The van der Waals surface area contributed by atoms with Crippen LogP contribution < -0.4 is 4.31 Å². The Labute approximate surface area is 169 Å². The van der Waals surface area contributed by atoms with Crippen molar-refractivity contribution in [3.63, 3.8) is 0 Å². The zero-order valence-electron chi connectivity index (χ0n) is 17.1. The molecule has 5 nitrogen and oxygen atoms in total. The highest BCUT2D eigenvalue weighted by Crippen LogP contribution is 2.25. The lowest BCUT2D eigenvalue weighted by Crippen LogP contribution is -2.43. The molecule has 0 saturated heterocycles. The van der Waals surface area contributed by atoms with Gasteiger partial charge in [-0.05, 0) is 62.7 Å². The highest BCUT2D eigenvalue weighted by atomic mass is 32.2. The molecule has 0 fully saturated rings. The molecule has 1 N–H and O–H groups in total. The van der Waals surface area contributed by atoms with Crippen molar-refractivity contribution < 1.29 is 13.5 Å². The number of aliphatic hydroxyl groups is 1. The Balaban J connectivity index is 2.31. The first kappa shape index (κ1) is 22.4. The second-order valence-corrected chi connectivity index (χ2v) is 9.00. The number of aliphatic hydroxyl groups excluding tert-OH is 1. The van der Waals surface area contributed by atoms with Gasteiger partial charge in [0.15, 0.2) is 0 Å². The molecule has 1 atom stereocenters. The average Bonchev–Trinajstić information content (AvgIpc) is 2.67. The molecule has 154 valence electrons. The molecular formula is C22H32N2O3S. The Morgan fingerprint density at radius 2 is 1.57 bits per heavy atom. The van der Waals surface area contributed by atoms with Crippen LogP contribution in [0.4, 0.5) is 5.69 Å². The standard InChI is InChI=1S/C22H32N2O3S/c1-4-14-23(15-5-2)17-21(25)18-24(20-11-9-10-19(3)16-20)28(26,27)22-12-7-6-8-13-22/h6-13,16,21,25H,4-5,14-15,17-18H2,1-3H3/t21-/m0/s1. The summed E-state index contributed by atoms with van der Waals surface area (Å²) < 4.78 is 28.0. The number of hydrogen-bond donors (Lipinski definition) is 1. The maximum Gasteiger partial charge on any atom is 0.264 e. The Bertz CT molecular complexity index is 819. The van der Waals surface area contributed by atoms with E-state index in [-0.39, 0.29) is 11.4 Å². The summed E-state index contributed by atoms with van der Waals surface area (Å²) in [6.45, 7) is 8.39. The van der Waals surface area contributed by atoms with E-state index in [1.54, 1.807) is 36.4 Å². The molecule has 0 unspecified atom stereocenters. The summed E-state index contributed by atoms with van der Waals surface area (Å²) >= 11 is 0. The number of nitrogens with zero attached hydrogens (tertiary/aromatic N) is 2. The van der Waals surface area contributed by atoms with Crippen molar-refractivity contribution in [1.29, 1.82) is 0 Å². The number of hydrogen-bond acceptors (Lipinski definition) is 4. The lowest BCUT2D eigenvalue weighted by molar-refractivity contribution is 0.119. The Hall–Kier alpha value is -1.89. The van der Waals surface area contributed by atoms with Crippen molar-refractivity contribution in [2.75, 3.05) is 30.5 Å². The van der Waals surface area contributed by atoms with Crippen LogP contribution in [0.2, 0.25) is 0 Å². The molecule has 2 aromatic rings. The first-order valence-corrected chi connectivity index (χ1v) is 11.4. The molecule has 0 spiro atoms. The first-order chi connectivity index (χ1) is 13.4. The van der Waals surface area contributed by atoms with E-state index in [2.05, 4.69) is 18.7 Å². The van der Waals surface area contributed by atoms with Crippen molar-refractivity contribution in [2.45, 2.75) is 44.6 Å². The summed E-state index contributed by atoms with van der Waals surface area (Å²) in [5.41, 5.74) is 1.54. The van der Waals surface area contributed by atoms with Gasteiger partial charge in [0.05, 0.1) is 23.2 Å². The van der Waals surface area contributed by atoms with E-state index in [1.807, 2.05) is 25.1 Å². The number of sulfonamides is 1. The van der Waals surface area contributed by atoms with Gasteiger partial charge in [-0.3, -0.25) is 4.31 Å². The van der Waals surface area contributed by atoms with Crippen molar-refractivity contribution in [3.8, 4) is 0 Å². The van der Waals surface area contributed by atoms with Crippen LogP contribution in [0.3, 0.4) is 0 Å². The molecule has 0 amide bonds. The van der Waals surface area contributed by atoms with Gasteiger partial charge in [-0.25, -0.2) is 8.42 Å². The summed E-state index contributed by atoms with van der Waals surface area (Å²) in [6.07, 6.45) is 1.21. The summed E-state index contributed by atoms with van der Waals surface area (Å²) in [5, 5.41) is 10.7. The SMILES string of the molecule is CCCN(CCC)C[C@H](O)CN(c1cccc(C)c1)S(=O)(=O)c1ccccc1. The van der Waals surface area contributed by atoms with Gasteiger partial charge in [0.1, 0.15) is 0 Å². The average molecular weight is 405 g/mol. The predicted molar refractivity (Wildman–Crippen MR) is 115 cm³/mol. The Morgan fingerprint density at radius 3 is 2.14 bits per heavy atom. The van der Waals surface area contributed by atoms with Crippen LogP contribution in [-0.4, -0.2) is 50.7 Å². The van der Waals surface area contributed by atoms with Crippen LogP contribution in [0.15, 0.2) is 59.5 Å². The molecule has 0 aromatic heterocycles. The smallest absolute Gasteiger partial charge is 0.264 e. The molecule has 6 heteroatoms. The van der Waals surface area contributed by atoms with Crippen LogP contribution in [0.5, 0.6) is 0 Å². The van der Waals surface area contributed by atoms with Gasteiger partial charge in [0.25, 0.3) is 10.0 Å². The molecule has 0 aliphatic carbocycles. The highest BCUT2D eigenvalue weighted by Gasteiger charge is 2.27. The van der Waals surface area contributed by atoms with E-state index in [4.69, 9.17) is 0 Å². The molecule has 0 aliphatic rings. The number of anilines is 1. The minimum absolute atomic E-state index is 0.0185. The summed E-state index contributed by atoms with van der Waals surface area (Å²) in [4.78, 5) is 2.41. The van der Waals surface area contributed by atoms with Gasteiger partial charge in [0.2, 0.25) is 0 Å². The summed E-state index contributed by atoms with van der Waals surface area (Å²) in [6, 6.07) is 15.8. The minimum Gasteiger partial charge on any atom is -0.390 e. The van der Waals surface area contributed by atoms with Crippen LogP contribution in [-0.2, 0) is 10.0 Å². The fourth-order valence-electron chi connectivity index (χ4n) is 3.32. The van der Waals surface area contributed by atoms with Gasteiger partial charge < -0.3 is 10.0 Å². The molecule has 28 heavy (non-hydrogen) atoms. The van der Waals surface area contributed by atoms with E-state index >= 15 is 0 Å². The fourth-order valence-corrected chi connectivity index (χ4v) is 4.83. The monoisotopic (exact) mass is 404 g/mol. The molecular weight excluding hydrogens is 372 g/mol. The summed E-state index contributed by atoms with van der Waals surface area (Å²) in [5.74, 6) is 0. The molecule has 0 heterocycles. The Morgan fingerprint density at radius 1 is 0.929 bits per heavy atom. The number of aryl methyl sites for hydroxylation is 1. The third-order valence-corrected chi connectivity index (χ3v) is 6.35. The maximum absolute atomic E-state index is 13.3. The van der Waals surface area contributed by atoms with Crippen LogP contribution in [0.25, 0.3) is 0 Å². The zero-order valence-corrected chi connectivity index (χ0v) is 17.9. The second kappa shape index (κ2) is 10.6. The second-order valence-electron chi connectivity index (χ2n) is 7.14. The van der Waals surface area contributed by atoms with Crippen LogP contribution in [0, 0.1) is 6.92 Å². The van der Waals surface area contributed by atoms with E-state index in [0.717, 1.165) is 31.5 Å². The molecule has 2 rings (SSSR count). The fraction of sp³-hybridized carbons (Fsp3) is 0.455. The van der Waals surface area contributed by atoms with E-state index in [0.29, 0.717) is 12.2 Å². The van der Waals surface area contributed by atoms with Gasteiger partial charge in [-0.1, -0.05) is 44.2 Å². The van der Waals surface area contributed by atoms with Gasteiger partial charge >= 0.3 is 0 Å². The van der Waals surface area contributed by atoms with Crippen LogP contribution in [0.1, 0.15) is 32.3 Å².